The number of hydrogen-bond acceptors (Lipinski definition) is 7. The van der Waals surface area contributed by atoms with E-state index in [1.165, 1.54) is 11.8 Å². The monoisotopic (exact) mass is 462 g/mol. The molecule has 4 aromatic rings. The Morgan fingerprint density at radius 1 is 1.06 bits per heavy atom. The molecule has 0 saturated heterocycles. The first-order valence-corrected chi connectivity index (χ1v) is 10.9. The molecule has 0 aliphatic carbocycles. The van der Waals surface area contributed by atoms with E-state index < -0.39 is 5.97 Å². The summed E-state index contributed by atoms with van der Waals surface area (Å²) in [6, 6.07) is 15.1. The van der Waals surface area contributed by atoms with Gasteiger partial charge in [-0.2, -0.15) is 0 Å². The molecule has 0 spiro atoms. The SMILES string of the molecule is CCOC(=O)c1c(C)n(C)c2ccc(OCc3nnn(Cc4ccccc4)c3C(=O)OC)cc12. The summed E-state index contributed by atoms with van der Waals surface area (Å²) >= 11 is 0. The fraction of sp³-hybridized carbons (Fsp3) is 0.280. The number of esters is 2. The first-order chi connectivity index (χ1) is 16.4. The van der Waals surface area contributed by atoms with E-state index >= 15 is 0 Å². The van der Waals surface area contributed by atoms with Crippen LogP contribution in [-0.4, -0.2) is 45.2 Å². The molecule has 2 heterocycles. The van der Waals surface area contributed by atoms with Crippen molar-refractivity contribution in [1.82, 2.24) is 19.6 Å². The highest BCUT2D eigenvalue weighted by Gasteiger charge is 2.23. The molecule has 4 rings (SSSR count). The highest BCUT2D eigenvalue weighted by Crippen LogP contribution is 2.29. The lowest BCUT2D eigenvalue weighted by Crippen LogP contribution is -2.15. The molecule has 0 amide bonds. The molecule has 9 nitrogen and oxygen atoms in total. The highest BCUT2D eigenvalue weighted by atomic mass is 16.5. The third-order valence-corrected chi connectivity index (χ3v) is 5.68. The predicted molar refractivity (Wildman–Crippen MR) is 125 cm³/mol. The Hall–Kier alpha value is -4.14. The van der Waals surface area contributed by atoms with Gasteiger partial charge in [-0.1, -0.05) is 35.5 Å². The lowest BCUT2D eigenvalue weighted by atomic mass is 10.1. The molecule has 2 aromatic heterocycles. The zero-order valence-electron chi connectivity index (χ0n) is 19.6. The van der Waals surface area contributed by atoms with Crippen molar-refractivity contribution >= 4 is 22.8 Å². The quantitative estimate of drug-likeness (QED) is 0.369. The number of hydrogen-bond donors (Lipinski definition) is 0. The van der Waals surface area contributed by atoms with Crippen LogP contribution >= 0.6 is 0 Å². The second-order valence-corrected chi connectivity index (χ2v) is 7.73. The minimum Gasteiger partial charge on any atom is -0.487 e. The maximum atomic E-state index is 12.5. The first kappa shape index (κ1) is 23.0. The van der Waals surface area contributed by atoms with Gasteiger partial charge >= 0.3 is 11.9 Å². The van der Waals surface area contributed by atoms with Gasteiger partial charge in [-0.3, -0.25) is 0 Å². The molecule has 9 heteroatoms. The van der Waals surface area contributed by atoms with Gasteiger partial charge in [-0.15, -0.1) is 5.10 Å². The first-order valence-electron chi connectivity index (χ1n) is 10.9. The van der Waals surface area contributed by atoms with Crippen molar-refractivity contribution in [3.05, 3.63) is 76.7 Å². The molecular formula is C25H26N4O5. The van der Waals surface area contributed by atoms with E-state index in [1.807, 2.05) is 61.0 Å². The maximum Gasteiger partial charge on any atom is 0.358 e. The maximum absolute atomic E-state index is 12.5. The Morgan fingerprint density at radius 3 is 2.53 bits per heavy atom. The van der Waals surface area contributed by atoms with Crippen molar-refractivity contribution in [1.29, 1.82) is 0 Å². The van der Waals surface area contributed by atoms with Crippen LogP contribution in [0, 0.1) is 6.92 Å². The topological polar surface area (TPSA) is 97.5 Å². The summed E-state index contributed by atoms with van der Waals surface area (Å²) in [6.45, 7) is 4.32. The van der Waals surface area contributed by atoms with Gasteiger partial charge in [0.05, 0.1) is 25.8 Å². The van der Waals surface area contributed by atoms with Gasteiger partial charge in [-0.25, -0.2) is 14.3 Å². The van der Waals surface area contributed by atoms with Crippen LogP contribution in [0.15, 0.2) is 48.5 Å². The molecule has 0 unspecified atom stereocenters. The normalized spacial score (nSPS) is 10.9. The number of rotatable bonds is 8. The van der Waals surface area contributed by atoms with Crippen molar-refractivity contribution in [3.63, 3.8) is 0 Å². The zero-order chi connectivity index (χ0) is 24.2. The molecular weight excluding hydrogens is 436 g/mol. The Morgan fingerprint density at radius 2 is 1.82 bits per heavy atom. The number of fused-ring (bicyclic) bond motifs is 1. The van der Waals surface area contributed by atoms with Crippen LogP contribution in [0.4, 0.5) is 0 Å². The summed E-state index contributed by atoms with van der Waals surface area (Å²) in [7, 11) is 3.21. The summed E-state index contributed by atoms with van der Waals surface area (Å²) in [5.74, 6) is -0.394. The van der Waals surface area contributed by atoms with Crippen LogP contribution in [0.1, 0.15) is 44.7 Å². The minimum absolute atomic E-state index is 0.00524. The number of methoxy groups -OCH3 is 1. The van der Waals surface area contributed by atoms with Crippen LogP contribution in [0.3, 0.4) is 0 Å². The van der Waals surface area contributed by atoms with Gasteiger partial charge in [0.2, 0.25) is 0 Å². The molecule has 0 bridgehead atoms. The van der Waals surface area contributed by atoms with Gasteiger partial charge in [0.25, 0.3) is 0 Å². The number of aromatic nitrogens is 4. The van der Waals surface area contributed by atoms with Crippen LogP contribution < -0.4 is 4.74 Å². The summed E-state index contributed by atoms with van der Waals surface area (Å²) in [4.78, 5) is 25.0. The number of ether oxygens (including phenoxy) is 3. The second kappa shape index (κ2) is 9.78. The van der Waals surface area contributed by atoms with E-state index in [4.69, 9.17) is 14.2 Å². The van der Waals surface area contributed by atoms with Crippen molar-refractivity contribution in [2.24, 2.45) is 7.05 Å². The number of nitrogens with zero attached hydrogens (tertiary/aromatic N) is 4. The molecule has 176 valence electrons. The Labute approximate surface area is 196 Å². The van der Waals surface area contributed by atoms with E-state index in [-0.39, 0.29) is 18.3 Å². The Bertz CT molecular complexity index is 1340. The van der Waals surface area contributed by atoms with Crippen LogP contribution in [0.25, 0.3) is 10.9 Å². The molecule has 0 N–H and O–H groups in total. The number of carbonyl (C=O) groups excluding carboxylic acids is 2. The minimum atomic E-state index is -0.543. The van der Waals surface area contributed by atoms with E-state index in [0.29, 0.717) is 30.2 Å². The van der Waals surface area contributed by atoms with E-state index in [1.54, 1.807) is 13.0 Å². The van der Waals surface area contributed by atoms with Gasteiger partial charge < -0.3 is 18.8 Å². The molecule has 0 aliphatic heterocycles. The Kier molecular flexibility index (Phi) is 6.62. The van der Waals surface area contributed by atoms with Crippen LogP contribution in [-0.2, 0) is 29.7 Å². The molecule has 0 fully saturated rings. The van der Waals surface area contributed by atoms with Crippen molar-refractivity contribution < 1.29 is 23.8 Å². The zero-order valence-corrected chi connectivity index (χ0v) is 19.6. The largest absolute Gasteiger partial charge is 0.487 e. The summed E-state index contributed by atoms with van der Waals surface area (Å²) < 4.78 is 19.6. The third kappa shape index (κ3) is 4.36. The average Bonchev–Trinajstić information content (AvgIpc) is 3.35. The summed E-state index contributed by atoms with van der Waals surface area (Å²) in [5, 5.41) is 9.03. The van der Waals surface area contributed by atoms with Gasteiger partial charge in [-0.05, 0) is 37.6 Å². The fourth-order valence-electron chi connectivity index (χ4n) is 3.89. The van der Waals surface area contributed by atoms with Crippen LogP contribution in [0.2, 0.25) is 0 Å². The lowest BCUT2D eigenvalue weighted by molar-refractivity contribution is 0.0526. The van der Waals surface area contributed by atoms with Gasteiger partial charge in [0.15, 0.2) is 5.69 Å². The fourth-order valence-corrected chi connectivity index (χ4v) is 3.89. The standard InChI is InChI=1S/C25H26N4O5/c1-5-33-24(30)22-16(2)28(3)21-12-11-18(13-19(21)22)34-15-20-23(25(31)32-4)29(27-26-20)14-17-9-7-6-8-10-17/h6-13H,5,14-15H2,1-4H3. The predicted octanol–water partition coefficient (Wildman–Crippen LogP) is 3.67. The average molecular weight is 463 g/mol. The molecule has 0 saturated carbocycles. The Balaban J connectivity index is 1.62. The van der Waals surface area contributed by atoms with Crippen molar-refractivity contribution in [2.75, 3.05) is 13.7 Å². The highest BCUT2D eigenvalue weighted by molar-refractivity contribution is 6.06. The van der Waals surface area contributed by atoms with E-state index in [9.17, 15) is 9.59 Å². The number of aryl methyl sites for hydroxylation is 1. The number of carbonyl (C=O) groups is 2. The van der Waals surface area contributed by atoms with Gasteiger partial charge in [0, 0.05) is 23.6 Å². The molecule has 0 radical (unpaired) electrons. The number of benzene rings is 2. The molecule has 34 heavy (non-hydrogen) atoms. The van der Waals surface area contributed by atoms with Crippen LogP contribution in [0.5, 0.6) is 5.75 Å². The summed E-state index contributed by atoms with van der Waals surface area (Å²) in [5.41, 5.74) is 3.77. The lowest BCUT2D eigenvalue weighted by Gasteiger charge is -2.08. The van der Waals surface area contributed by atoms with Crippen molar-refractivity contribution in [3.8, 4) is 5.75 Å². The molecule has 0 atom stereocenters. The molecule has 2 aromatic carbocycles. The van der Waals surface area contributed by atoms with Crippen molar-refractivity contribution in [2.45, 2.75) is 27.0 Å². The second-order valence-electron chi connectivity index (χ2n) is 7.73. The smallest absolute Gasteiger partial charge is 0.358 e. The van der Waals surface area contributed by atoms with E-state index in [2.05, 4.69) is 10.3 Å². The van der Waals surface area contributed by atoms with Gasteiger partial charge in [0.1, 0.15) is 18.1 Å². The summed E-state index contributed by atoms with van der Waals surface area (Å²) in [6.07, 6.45) is 0. The third-order valence-electron chi connectivity index (χ3n) is 5.68. The van der Waals surface area contributed by atoms with E-state index in [0.717, 1.165) is 22.2 Å². The molecule has 0 aliphatic rings.